The fraction of sp³-hybridized carbons (Fsp3) is 0.391. The number of rotatable bonds is 7. The van der Waals surface area contributed by atoms with Gasteiger partial charge in [0.25, 0.3) is 0 Å². The van der Waals surface area contributed by atoms with Crippen LogP contribution in [0.2, 0.25) is 5.02 Å². The maximum absolute atomic E-state index is 11.1. The predicted octanol–water partition coefficient (Wildman–Crippen LogP) is 6.15. The Morgan fingerprint density at radius 2 is 2.04 bits per heavy atom. The minimum Gasteiger partial charge on any atom is -0.437 e. The van der Waals surface area contributed by atoms with Gasteiger partial charge in [0.1, 0.15) is 11.5 Å². The molecule has 148 valence electrons. The number of hydrogen-bond acceptors (Lipinski definition) is 4. The highest BCUT2D eigenvalue weighted by Gasteiger charge is 2.13. The van der Waals surface area contributed by atoms with Crippen molar-refractivity contribution in [3.8, 4) is 11.6 Å². The molecular formula is C23H27ClN2O2. The van der Waals surface area contributed by atoms with E-state index in [-0.39, 0.29) is 11.7 Å². The molecule has 0 N–H and O–H groups in total. The number of allylic oxidation sites excluding steroid dienone is 1. The molecule has 1 aromatic heterocycles. The molecule has 1 aliphatic heterocycles. The zero-order valence-electron chi connectivity index (χ0n) is 16.5. The number of Topliss-reactive ketones (excluding diaryl/α,β-unsaturated/α-hetero) is 1. The molecule has 1 atom stereocenters. The Bertz CT molecular complexity index is 827. The fourth-order valence-electron chi connectivity index (χ4n) is 3.38. The van der Waals surface area contributed by atoms with E-state index in [2.05, 4.69) is 16.0 Å². The van der Waals surface area contributed by atoms with Crippen LogP contribution in [0.4, 0.5) is 5.69 Å². The number of ether oxygens (including phenoxy) is 1. The van der Waals surface area contributed by atoms with Crippen molar-refractivity contribution in [1.82, 2.24) is 4.98 Å². The number of nitrogens with zero attached hydrogens (tertiary/aromatic N) is 2. The van der Waals surface area contributed by atoms with Crippen LogP contribution in [-0.4, -0.2) is 23.9 Å². The van der Waals surface area contributed by atoms with Crippen molar-refractivity contribution in [1.29, 1.82) is 0 Å². The minimum absolute atomic E-state index is 0.196. The van der Waals surface area contributed by atoms with Crippen molar-refractivity contribution in [2.24, 2.45) is 5.92 Å². The molecule has 2 heterocycles. The summed E-state index contributed by atoms with van der Waals surface area (Å²) in [4.78, 5) is 17.9. The molecule has 4 nitrogen and oxygen atoms in total. The van der Waals surface area contributed by atoms with Gasteiger partial charge in [-0.1, -0.05) is 30.7 Å². The molecule has 0 bridgehead atoms. The Hall–Kier alpha value is -2.33. The smallest absolute Gasteiger partial charge is 0.219 e. The van der Waals surface area contributed by atoms with Crippen molar-refractivity contribution in [2.45, 2.75) is 39.5 Å². The Morgan fingerprint density at radius 1 is 1.25 bits per heavy atom. The summed E-state index contributed by atoms with van der Waals surface area (Å²) in [6, 6.07) is 9.69. The second-order valence-electron chi connectivity index (χ2n) is 7.44. The minimum atomic E-state index is 0.196. The van der Waals surface area contributed by atoms with Gasteiger partial charge >= 0.3 is 0 Å². The lowest BCUT2D eigenvalue weighted by Crippen LogP contribution is -2.29. The van der Waals surface area contributed by atoms with Gasteiger partial charge in [-0.3, -0.25) is 0 Å². The lowest BCUT2D eigenvalue weighted by molar-refractivity contribution is -0.117. The lowest BCUT2D eigenvalue weighted by Gasteiger charge is -2.29. The van der Waals surface area contributed by atoms with Crippen LogP contribution in [0.25, 0.3) is 6.08 Å². The molecule has 2 aromatic rings. The molecule has 1 aliphatic rings. The summed E-state index contributed by atoms with van der Waals surface area (Å²) in [7, 11) is 0. The van der Waals surface area contributed by atoms with E-state index >= 15 is 0 Å². The average Bonchev–Trinajstić information content (AvgIpc) is 2.69. The van der Waals surface area contributed by atoms with Crippen molar-refractivity contribution in [2.75, 3.05) is 18.0 Å². The zero-order valence-corrected chi connectivity index (χ0v) is 17.3. The molecule has 1 aromatic carbocycles. The van der Waals surface area contributed by atoms with Gasteiger partial charge in [-0.25, -0.2) is 4.98 Å². The normalized spacial score (nSPS) is 15.6. The number of hydrogen-bond donors (Lipinski definition) is 0. The summed E-state index contributed by atoms with van der Waals surface area (Å²) in [6.07, 6.45) is 10.1. The highest BCUT2D eigenvalue weighted by atomic mass is 35.5. The average molecular weight is 399 g/mol. The second kappa shape index (κ2) is 9.74. The topological polar surface area (TPSA) is 42.4 Å². The third-order valence-corrected chi connectivity index (χ3v) is 5.13. The molecule has 1 saturated heterocycles. The summed E-state index contributed by atoms with van der Waals surface area (Å²) in [5.41, 5.74) is 2.11. The van der Waals surface area contributed by atoms with Gasteiger partial charge in [-0.15, -0.1) is 0 Å². The molecule has 0 spiro atoms. The van der Waals surface area contributed by atoms with Crippen molar-refractivity contribution in [3.05, 3.63) is 53.2 Å². The van der Waals surface area contributed by atoms with Crippen LogP contribution in [0.5, 0.6) is 11.6 Å². The van der Waals surface area contributed by atoms with Crippen LogP contribution in [0.15, 0.2) is 42.6 Å². The van der Waals surface area contributed by atoms with Crippen LogP contribution < -0.4 is 9.64 Å². The Morgan fingerprint density at radius 3 is 2.68 bits per heavy atom. The maximum atomic E-state index is 11.1. The zero-order chi connectivity index (χ0) is 19.9. The van der Waals surface area contributed by atoms with E-state index in [9.17, 15) is 4.79 Å². The maximum Gasteiger partial charge on any atom is 0.219 e. The molecule has 28 heavy (non-hydrogen) atoms. The van der Waals surface area contributed by atoms with Gasteiger partial charge in [-0.05, 0) is 61.9 Å². The molecular weight excluding hydrogens is 372 g/mol. The van der Waals surface area contributed by atoms with Gasteiger partial charge in [0.05, 0.1) is 5.02 Å². The van der Waals surface area contributed by atoms with E-state index in [4.69, 9.17) is 16.3 Å². The van der Waals surface area contributed by atoms with Crippen LogP contribution in [0, 0.1) is 5.92 Å². The van der Waals surface area contributed by atoms with Crippen molar-refractivity contribution < 1.29 is 9.53 Å². The molecule has 3 rings (SSSR count). The first-order chi connectivity index (χ1) is 13.5. The molecule has 1 fully saturated rings. The highest BCUT2D eigenvalue weighted by Crippen LogP contribution is 2.33. The first kappa shape index (κ1) is 20.4. The summed E-state index contributed by atoms with van der Waals surface area (Å²) in [5, 5.41) is 0.590. The highest BCUT2D eigenvalue weighted by molar-refractivity contribution is 6.32. The third kappa shape index (κ3) is 5.83. The summed E-state index contributed by atoms with van der Waals surface area (Å²) in [5.74, 6) is 1.52. The monoisotopic (exact) mass is 398 g/mol. The van der Waals surface area contributed by atoms with Crippen molar-refractivity contribution >= 4 is 29.1 Å². The Labute approximate surface area is 172 Å². The standard InChI is InChI=1S/C23H27ClN2O2/c1-17(14-18(2)27)6-7-19-8-11-23(25-16-19)28-22-10-9-20(15-21(22)24)26-12-4-3-5-13-26/h6-11,15-17H,3-5,12-14H2,1-2H3/b7-6+/t17-/m0/s1. The quantitative estimate of drug-likeness (QED) is 0.561. The van der Waals surface area contributed by atoms with Gasteiger partial charge in [0, 0.05) is 37.5 Å². The van der Waals surface area contributed by atoms with Gasteiger partial charge in [-0.2, -0.15) is 0 Å². The van der Waals surface area contributed by atoms with E-state index in [0.29, 0.717) is 23.1 Å². The number of carbonyl (C=O) groups excluding carboxylic acids is 1. The summed E-state index contributed by atoms with van der Waals surface area (Å²) in [6.45, 7) is 5.80. The molecule has 5 heteroatoms. The number of anilines is 1. The van der Waals surface area contributed by atoms with E-state index in [0.717, 1.165) is 24.3 Å². The number of aromatic nitrogens is 1. The Kier molecular flexibility index (Phi) is 7.10. The first-order valence-corrected chi connectivity index (χ1v) is 10.2. The fourth-order valence-corrected chi connectivity index (χ4v) is 3.59. The lowest BCUT2D eigenvalue weighted by atomic mass is 10.0. The van der Waals surface area contributed by atoms with E-state index in [1.165, 1.54) is 19.3 Å². The summed E-state index contributed by atoms with van der Waals surface area (Å²) >= 11 is 6.44. The van der Waals surface area contributed by atoms with Gasteiger partial charge in [0.15, 0.2) is 0 Å². The van der Waals surface area contributed by atoms with Crippen LogP contribution in [-0.2, 0) is 4.79 Å². The number of halogens is 1. The number of benzene rings is 1. The van der Waals surface area contributed by atoms with Crippen LogP contribution >= 0.6 is 11.6 Å². The third-order valence-electron chi connectivity index (χ3n) is 4.84. The van der Waals surface area contributed by atoms with E-state index in [1.807, 2.05) is 43.3 Å². The molecule has 0 aliphatic carbocycles. The largest absolute Gasteiger partial charge is 0.437 e. The van der Waals surface area contributed by atoms with Crippen molar-refractivity contribution in [3.63, 3.8) is 0 Å². The van der Waals surface area contributed by atoms with Crippen LogP contribution in [0.3, 0.4) is 0 Å². The summed E-state index contributed by atoms with van der Waals surface area (Å²) < 4.78 is 5.85. The number of carbonyl (C=O) groups is 1. The molecule has 0 unspecified atom stereocenters. The van der Waals surface area contributed by atoms with E-state index in [1.54, 1.807) is 13.1 Å². The predicted molar refractivity (Wildman–Crippen MR) is 115 cm³/mol. The molecule has 0 radical (unpaired) electrons. The number of ketones is 1. The Balaban J connectivity index is 1.62. The first-order valence-electron chi connectivity index (χ1n) is 9.87. The van der Waals surface area contributed by atoms with E-state index < -0.39 is 0 Å². The van der Waals surface area contributed by atoms with Gasteiger partial charge in [0.2, 0.25) is 5.88 Å². The number of pyridine rings is 1. The number of piperidine rings is 1. The molecule has 0 amide bonds. The van der Waals surface area contributed by atoms with Gasteiger partial charge < -0.3 is 14.4 Å². The molecule has 0 saturated carbocycles. The SMILES string of the molecule is CC(=O)C[C@@H](C)/C=C/c1ccc(Oc2ccc(N3CCCCC3)cc2Cl)nc1. The second-order valence-corrected chi connectivity index (χ2v) is 7.84. The van der Waals surface area contributed by atoms with Crippen LogP contribution in [0.1, 0.15) is 45.1 Å².